The molecule has 5 nitrogen and oxygen atoms in total. The van der Waals surface area contributed by atoms with Crippen LogP contribution >= 0.6 is 15.9 Å². The number of halogens is 1. The number of pyridine rings is 1. The fraction of sp³-hybridized carbons (Fsp3) is 0. The van der Waals surface area contributed by atoms with Crippen LogP contribution in [0.15, 0.2) is 39.7 Å². The van der Waals surface area contributed by atoms with Gasteiger partial charge in [-0.3, -0.25) is 4.79 Å². The zero-order valence-corrected chi connectivity index (χ0v) is 9.06. The highest BCUT2D eigenvalue weighted by molar-refractivity contribution is 9.10. The minimum Gasteiger partial charge on any atom is -0.363 e. The largest absolute Gasteiger partial charge is 0.363 e. The lowest BCUT2D eigenvalue weighted by Gasteiger charge is -2.00. The Morgan fingerprint density at radius 1 is 1.40 bits per heavy atom. The zero-order chi connectivity index (χ0) is 10.7. The van der Waals surface area contributed by atoms with Crippen LogP contribution in [-0.4, -0.2) is 16.0 Å². The third-order valence-corrected chi connectivity index (χ3v) is 2.07. The topological polar surface area (TPSA) is 68.0 Å². The average Bonchev–Trinajstić information content (AvgIpc) is 2.70. The molecule has 0 aliphatic carbocycles. The lowest BCUT2D eigenvalue weighted by Crippen LogP contribution is -2.13. The number of nitrogens with zero attached hydrogens (tertiary/aromatic N) is 2. The van der Waals surface area contributed by atoms with Gasteiger partial charge in [0, 0.05) is 6.07 Å². The van der Waals surface area contributed by atoms with Crippen molar-refractivity contribution in [2.75, 3.05) is 5.32 Å². The van der Waals surface area contributed by atoms with E-state index >= 15 is 0 Å². The molecule has 6 heteroatoms. The Morgan fingerprint density at radius 3 is 2.93 bits per heavy atom. The van der Waals surface area contributed by atoms with Crippen molar-refractivity contribution in [2.45, 2.75) is 0 Å². The quantitative estimate of drug-likeness (QED) is 0.847. The van der Waals surface area contributed by atoms with E-state index in [-0.39, 0.29) is 5.91 Å². The number of carbonyl (C=O) groups excluding carboxylic acids is 1. The van der Waals surface area contributed by atoms with Gasteiger partial charge in [0.1, 0.15) is 16.6 Å². The van der Waals surface area contributed by atoms with Crippen LogP contribution in [0, 0.1) is 0 Å². The Kier molecular flexibility index (Phi) is 2.77. The van der Waals surface area contributed by atoms with E-state index in [1.54, 1.807) is 24.3 Å². The van der Waals surface area contributed by atoms with Crippen molar-refractivity contribution >= 4 is 27.7 Å². The predicted octanol–water partition coefficient (Wildman–Crippen LogP) is 2.08. The van der Waals surface area contributed by atoms with Crippen molar-refractivity contribution in [1.82, 2.24) is 10.1 Å². The lowest BCUT2D eigenvalue weighted by molar-refractivity contribution is 0.102. The van der Waals surface area contributed by atoms with Crippen molar-refractivity contribution in [3.63, 3.8) is 0 Å². The molecule has 0 fully saturated rings. The number of hydrogen-bond donors (Lipinski definition) is 1. The van der Waals surface area contributed by atoms with Crippen LogP contribution in [0.2, 0.25) is 0 Å². The molecule has 1 N–H and O–H groups in total. The van der Waals surface area contributed by atoms with Gasteiger partial charge in [-0.15, -0.1) is 0 Å². The van der Waals surface area contributed by atoms with E-state index in [4.69, 9.17) is 0 Å². The number of hydrogen-bond acceptors (Lipinski definition) is 4. The smallest absolute Gasteiger partial charge is 0.275 e. The summed E-state index contributed by atoms with van der Waals surface area (Å²) >= 11 is 3.18. The summed E-state index contributed by atoms with van der Waals surface area (Å²) in [7, 11) is 0. The van der Waals surface area contributed by atoms with Gasteiger partial charge in [-0.05, 0) is 28.1 Å². The highest BCUT2D eigenvalue weighted by Crippen LogP contribution is 2.08. The first-order valence-corrected chi connectivity index (χ1v) is 4.89. The SMILES string of the molecule is O=C(Nc1ccon1)c1cccc(Br)n1. The highest BCUT2D eigenvalue weighted by Gasteiger charge is 2.08. The molecule has 76 valence electrons. The van der Waals surface area contributed by atoms with Crippen molar-refractivity contribution < 1.29 is 9.32 Å². The van der Waals surface area contributed by atoms with Gasteiger partial charge in [0.15, 0.2) is 5.82 Å². The number of amides is 1. The molecule has 2 aromatic rings. The summed E-state index contributed by atoms with van der Waals surface area (Å²) in [6.07, 6.45) is 1.38. The van der Waals surface area contributed by atoms with Crippen molar-refractivity contribution in [3.05, 3.63) is 40.8 Å². The van der Waals surface area contributed by atoms with Crippen LogP contribution in [0.3, 0.4) is 0 Å². The van der Waals surface area contributed by atoms with Gasteiger partial charge in [-0.1, -0.05) is 11.2 Å². The number of anilines is 1. The van der Waals surface area contributed by atoms with Crippen LogP contribution in [0.4, 0.5) is 5.82 Å². The Bertz CT molecular complexity index is 470. The molecule has 2 aromatic heterocycles. The van der Waals surface area contributed by atoms with Gasteiger partial charge in [-0.2, -0.15) is 0 Å². The molecular formula is C9H6BrN3O2. The van der Waals surface area contributed by atoms with Gasteiger partial charge < -0.3 is 9.84 Å². The summed E-state index contributed by atoms with van der Waals surface area (Å²) in [5, 5.41) is 6.10. The summed E-state index contributed by atoms with van der Waals surface area (Å²) in [5.74, 6) is 0.0342. The molecule has 2 rings (SSSR count). The molecule has 2 heterocycles. The first kappa shape index (κ1) is 9.85. The van der Waals surface area contributed by atoms with E-state index in [9.17, 15) is 4.79 Å². The second-order valence-corrected chi connectivity index (χ2v) is 3.50. The molecule has 0 aliphatic heterocycles. The van der Waals surface area contributed by atoms with Gasteiger partial charge in [0.25, 0.3) is 5.91 Å². The maximum atomic E-state index is 11.6. The fourth-order valence-electron chi connectivity index (χ4n) is 0.992. The summed E-state index contributed by atoms with van der Waals surface area (Å²) in [5.41, 5.74) is 0.312. The standard InChI is InChI=1S/C9H6BrN3O2/c10-7-3-1-2-6(11-7)9(14)12-8-4-5-15-13-8/h1-5H,(H,12,13,14). The molecule has 0 aromatic carbocycles. The van der Waals surface area contributed by atoms with Crippen molar-refractivity contribution in [2.24, 2.45) is 0 Å². The summed E-state index contributed by atoms with van der Waals surface area (Å²) in [6, 6.07) is 6.64. The van der Waals surface area contributed by atoms with Gasteiger partial charge in [0.05, 0.1) is 0 Å². The second-order valence-electron chi connectivity index (χ2n) is 2.68. The van der Waals surface area contributed by atoms with Crippen LogP contribution < -0.4 is 5.32 Å². The maximum absolute atomic E-state index is 11.6. The highest BCUT2D eigenvalue weighted by atomic mass is 79.9. The van der Waals surface area contributed by atoms with Gasteiger partial charge >= 0.3 is 0 Å². The van der Waals surface area contributed by atoms with Crippen LogP contribution in [0.25, 0.3) is 0 Å². The van der Waals surface area contributed by atoms with E-state index in [0.717, 1.165) is 0 Å². The summed E-state index contributed by atoms with van der Waals surface area (Å²) in [4.78, 5) is 15.6. The molecule has 0 radical (unpaired) electrons. The molecule has 0 saturated heterocycles. The Labute approximate surface area is 93.6 Å². The van der Waals surface area contributed by atoms with Gasteiger partial charge in [-0.25, -0.2) is 4.98 Å². The minimum atomic E-state index is -0.329. The first-order valence-electron chi connectivity index (χ1n) is 4.10. The number of nitrogens with one attached hydrogen (secondary N) is 1. The first-order chi connectivity index (χ1) is 7.25. The third-order valence-electron chi connectivity index (χ3n) is 1.63. The van der Waals surface area contributed by atoms with E-state index in [1.165, 1.54) is 6.26 Å². The Balaban J connectivity index is 2.15. The monoisotopic (exact) mass is 267 g/mol. The molecule has 15 heavy (non-hydrogen) atoms. The fourth-order valence-corrected chi connectivity index (χ4v) is 1.34. The van der Waals surface area contributed by atoms with Crippen molar-refractivity contribution in [1.29, 1.82) is 0 Å². The van der Waals surface area contributed by atoms with E-state index < -0.39 is 0 Å². The molecule has 0 saturated carbocycles. The average molecular weight is 268 g/mol. The van der Waals surface area contributed by atoms with Crippen LogP contribution in [0.5, 0.6) is 0 Å². The minimum absolute atomic E-state index is 0.312. The zero-order valence-electron chi connectivity index (χ0n) is 7.48. The molecule has 0 bridgehead atoms. The Morgan fingerprint density at radius 2 is 2.27 bits per heavy atom. The normalized spacial score (nSPS) is 9.93. The summed E-state index contributed by atoms with van der Waals surface area (Å²) < 4.78 is 5.19. The number of carbonyl (C=O) groups is 1. The van der Waals surface area contributed by atoms with Crippen molar-refractivity contribution in [3.8, 4) is 0 Å². The van der Waals surface area contributed by atoms with E-state index in [2.05, 4.69) is 35.9 Å². The molecule has 0 unspecified atom stereocenters. The third kappa shape index (κ3) is 2.41. The number of aromatic nitrogens is 2. The maximum Gasteiger partial charge on any atom is 0.275 e. The molecular weight excluding hydrogens is 262 g/mol. The lowest BCUT2D eigenvalue weighted by atomic mass is 10.3. The second kappa shape index (κ2) is 4.22. The Hall–Kier alpha value is -1.69. The molecule has 0 aliphatic rings. The van der Waals surface area contributed by atoms with Crippen LogP contribution in [0.1, 0.15) is 10.5 Å². The molecule has 0 spiro atoms. The number of rotatable bonds is 2. The van der Waals surface area contributed by atoms with E-state index in [1.807, 2.05) is 0 Å². The predicted molar refractivity (Wildman–Crippen MR) is 56.4 cm³/mol. The van der Waals surface area contributed by atoms with Gasteiger partial charge in [0.2, 0.25) is 0 Å². The van der Waals surface area contributed by atoms with Crippen LogP contribution in [-0.2, 0) is 0 Å². The molecule has 0 atom stereocenters. The summed E-state index contributed by atoms with van der Waals surface area (Å²) in [6.45, 7) is 0. The van der Waals surface area contributed by atoms with E-state index in [0.29, 0.717) is 16.1 Å². The molecule has 1 amide bonds.